The van der Waals surface area contributed by atoms with Crippen molar-refractivity contribution >= 4 is 51.5 Å². The van der Waals surface area contributed by atoms with Crippen LogP contribution in [0.4, 0.5) is 0 Å². The minimum atomic E-state index is -0.303. The normalized spacial score (nSPS) is 15.8. The van der Waals surface area contributed by atoms with Crippen molar-refractivity contribution in [3.8, 4) is 0 Å². The lowest BCUT2D eigenvalue weighted by molar-refractivity contribution is -0.130. The molecule has 0 N–H and O–H groups in total. The van der Waals surface area contributed by atoms with E-state index in [1.165, 1.54) is 16.8 Å². The van der Waals surface area contributed by atoms with E-state index in [4.69, 9.17) is 21.1 Å². The molecule has 5 aromatic rings. The number of hydrogen-bond donors (Lipinski definition) is 0. The first-order chi connectivity index (χ1) is 17.1. The van der Waals surface area contributed by atoms with Crippen LogP contribution >= 0.6 is 23.4 Å². The summed E-state index contributed by atoms with van der Waals surface area (Å²) >= 11 is 7.40. The van der Waals surface area contributed by atoms with Gasteiger partial charge in [0.25, 0.3) is 5.91 Å². The fourth-order valence-corrected chi connectivity index (χ4v) is 5.35. The van der Waals surface area contributed by atoms with Crippen molar-refractivity contribution in [1.29, 1.82) is 0 Å². The van der Waals surface area contributed by atoms with E-state index in [2.05, 4.69) is 23.2 Å². The number of carbonyl (C=O) groups is 1. The fraction of sp³-hybridized carbons (Fsp3) is 0.154. The summed E-state index contributed by atoms with van der Waals surface area (Å²) in [5, 5.41) is 17.4. The van der Waals surface area contributed by atoms with Crippen LogP contribution in [-0.2, 0) is 4.79 Å². The van der Waals surface area contributed by atoms with E-state index < -0.39 is 0 Å². The van der Waals surface area contributed by atoms with Gasteiger partial charge < -0.3 is 4.42 Å². The summed E-state index contributed by atoms with van der Waals surface area (Å²) in [6, 6.07) is 21.0. The van der Waals surface area contributed by atoms with E-state index in [0.29, 0.717) is 22.4 Å². The number of hydrogen-bond acceptors (Lipinski definition) is 6. The number of benzene rings is 2. The molecule has 0 bridgehead atoms. The van der Waals surface area contributed by atoms with E-state index >= 15 is 0 Å². The summed E-state index contributed by atoms with van der Waals surface area (Å²) in [7, 11) is 0. The van der Waals surface area contributed by atoms with Gasteiger partial charge in [-0.15, -0.1) is 10.2 Å². The summed E-state index contributed by atoms with van der Waals surface area (Å²) in [5.74, 6) is 0.733. The highest BCUT2D eigenvalue weighted by atomic mass is 35.5. The molecule has 9 heteroatoms. The number of hydrazone groups is 1. The van der Waals surface area contributed by atoms with Crippen LogP contribution in [0.1, 0.15) is 29.3 Å². The Hall–Kier alpha value is -3.62. The van der Waals surface area contributed by atoms with Crippen molar-refractivity contribution in [1.82, 2.24) is 19.6 Å². The zero-order chi connectivity index (χ0) is 23.9. The van der Waals surface area contributed by atoms with Gasteiger partial charge in [-0.1, -0.05) is 53.7 Å². The van der Waals surface area contributed by atoms with Gasteiger partial charge in [-0.2, -0.15) is 5.10 Å². The highest BCUT2D eigenvalue weighted by Crippen LogP contribution is 2.34. The van der Waals surface area contributed by atoms with Crippen molar-refractivity contribution in [3.63, 3.8) is 0 Å². The summed E-state index contributed by atoms with van der Waals surface area (Å²) in [6.45, 7) is 2.06. The predicted molar refractivity (Wildman–Crippen MR) is 137 cm³/mol. The van der Waals surface area contributed by atoms with E-state index in [1.807, 2.05) is 65.1 Å². The van der Waals surface area contributed by atoms with E-state index in [-0.39, 0.29) is 17.7 Å². The van der Waals surface area contributed by atoms with Gasteiger partial charge in [0.1, 0.15) is 11.8 Å². The van der Waals surface area contributed by atoms with Crippen LogP contribution in [0.2, 0.25) is 5.02 Å². The Bertz CT molecular complexity index is 1580. The zero-order valence-corrected chi connectivity index (χ0v) is 20.3. The molecular formula is C26H20ClN5O2S. The van der Waals surface area contributed by atoms with Crippen molar-refractivity contribution in [3.05, 3.63) is 94.9 Å². The third kappa shape index (κ3) is 3.98. The number of nitrogens with zero attached hydrogens (tertiary/aromatic N) is 5. The van der Waals surface area contributed by atoms with Gasteiger partial charge in [0.15, 0.2) is 10.8 Å². The van der Waals surface area contributed by atoms with Crippen LogP contribution in [0.15, 0.2) is 87.7 Å². The number of halogens is 1. The van der Waals surface area contributed by atoms with Crippen molar-refractivity contribution in [2.45, 2.75) is 24.5 Å². The SMILES string of the molecule is Cc1cc2nnc(SCC(=O)N3N=C(c4ccc(Cl)cc4)C[C@H]3c3ccco3)n2c2ccccc12. The molecule has 0 saturated heterocycles. The number of furan rings is 1. The average Bonchev–Trinajstić information content (AvgIpc) is 3.63. The highest BCUT2D eigenvalue weighted by Gasteiger charge is 2.35. The van der Waals surface area contributed by atoms with Crippen LogP contribution in [0.25, 0.3) is 16.6 Å². The van der Waals surface area contributed by atoms with Crippen LogP contribution in [0, 0.1) is 6.92 Å². The second-order valence-corrected chi connectivity index (χ2v) is 9.72. The maximum atomic E-state index is 13.4. The van der Waals surface area contributed by atoms with Gasteiger partial charge in [-0.05, 0) is 54.4 Å². The molecule has 7 nitrogen and oxygen atoms in total. The monoisotopic (exact) mass is 501 g/mol. The molecule has 0 spiro atoms. The molecule has 1 amide bonds. The summed E-state index contributed by atoms with van der Waals surface area (Å²) in [5.41, 5.74) is 4.65. The van der Waals surface area contributed by atoms with Crippen LogP contribution in [0.3, 0.4) is 0 Å². The third-order valence-corrected chi connectivity index (χ3v) is 7.28. The number of amides is 1. The topological polar surface area (TPSA) is 76.0 Å². The third-order valence-electron chi connectivity index (χ3n) is 6.11. The Balaban J connectivity index is 1.29. The molecule has 3 aromatic heterocycles. The van der Waals surface area contributed by atoms with Crippen LogP contribution in [-0.4, -0.2) is 37.0 Å². The van der Waals surface area contributed by atoms with Crippen LogP contribution in [0.5, 0.6) is 0 Å². The number of aryl methyl sites for hydroxylation is 1. The maximum Gasteiger partial charge on any atom is 0.253 e. The summed E-state index contributed by atoms with van der Waals surface area (Å²) in [6.07, 6.45) is 2.17. The second kappa shape index (κ2) is 8.87. The standard InChI is InChI=1S/C26H20ClN5O2S/c1-16-13-24-28-29-26(31(24)21-6-3-2-5-19(16)21)35-15-25(33)32-22(23-7-4-12-34-23)14-20(30-32)17-8-10-18(27)11-9-17/h2-13,22H,14-15H2,1H3/t22-/m0/s1. The first-order valence-electron chi connectivity index (χ1n) is 11.1. The number of pyridine rings is 1. The molecule has 1 atom stereocenters. The molecule has 0 aliphatic carbocycles. The Labute approximate surface area is 210 Å². The second-order valence-electron chi connectivity index (χ2n) is 8.34. The smallest absolute Gasteiger partial charge is 0.253 e. The van der Waals surface area contributed by atoms with Gasteiger partial charge >= 0.3 is 0 Å². The first-order valence-corrected chi connectivity index (χ1v) is 12.5. The zero-order valence-electron chi connectivity index (χ0n) is 18.8. The van der Waals surface area contributed by atoms with Gasteiger partial charge in [-0.3, -0.25) is 9.20 Å². The lowest BCUT2D eigenvalue weighted by Gasteiger charge is -2.19. The molecule has 35 heavy (non-hydrogen) atoms. The largest absolute Gasteiger partial charge is 0.467 e. The first kappa shape index (κ1) is 21.9. The highest BCUT2D eigenvalue weighted by molar-refractivity contribution is 7.99. The molecule has 0 fully saturated rings. The van der Waals surface area contributed by atoms with E-state index in [0.717, 1.165) is 33.4 Å². The Morgan fingerprint density at radius 1 is 1.11 bits per heavy atom. The molecule has 1 aliphatic rings. The quantitative estimate of drug-likeness (QED) is 0.280. The van der Waals surface area contributed by atoms with E-state index in [1.54, 1.807) is 6.26 Å². The fourth-order valence-electron chi connectivity index (χ4n) is 4.42. The van der Waals surface area contributed by atoms with Gasteiger partial charge in [0.2, 0.25) is 0 Å². The Kier molecular flexibility index (Phi) is 5.54. The van der Waals surface area contributed by atoms with Crippen molar-refractivity contribution in [2.24, 2.45) is 5.10 Å². The molecule has 2 aromatic carbocycles. The number of thioether (sulfide) groups is 1. The van der Waals surface area contributed by atoms with Gasteiger partial charge in [0.05, 0.1) is 23.2 Å². The molecule has 0 unspecified atom stereocenters. The molecule has 0 saturated carbocycles. The lowest BCUT2D eigenvalue weighted by Crippen LogP contribution is -2.28. The predicted octanol–water partition coefficient (Wildman–Crippen LogP) is 5.91. The van der Waals surface area contributed by atoms with Gasteiger partial charge in [0, 0.05) is 16.8 Å². The maximum absolute atomic E-state index is 13.4. The minimum Gasteiger partial charge on any atom is -0.467 e. The average molecular weight is 502 g/mol. The molecule has 174 valence electrons. The minimum absolute atomic E-state index is 0.131. The molecule has 1 aliphatic heterocycles. The molecular weight excluding hydrogens is 482 g/mol. The van der Waals surface area contributed by atoms with Crippen molar-refractivity contribution in [2.75, 3.05) is 5.75 Å². The number of rotatable bonds is 5. The van der Waals surface area contributed by atoms with E-state index in [9.17, 15) is 4.79 Å². The lowest BCUT2D eigenvalue weighted by atomic mass is 10.0. The summed E-state index contributed by atoms with van der Waals surface area (Å²) in [4.78, 5) is 13.4. The Morgan fingerprint density at radius 3 is 2.74 bits per heavy atom. The molecule has 4 heterocycles. The number of aromatic nitrogens is 3. The molecule has 0 radical (unpaired) electrons. The summed E-state index contributed by atoms with van der Waals surface area (Å²) < 4.78 is 7.64. The molecule has 6 rings (SSSR count). The number of carbonyl (C=O) groups excluding carboxylic acids is 1. The number of fused-ring (bicyclic) bond motifs is 3. The Morgan fingerprint density at radius 2 is 1.94 bits per heavy atom. The van der Waals surface area contributed by atoms with Crippen LogP contribution < -0.4 is 0 Å². The van der Waals surface area contributed by atoms with Gasteiger partial charge in [-0.25, -0.2) is 5.01 Å². The van der Waals surface area contributed by atoms with Crippen molar-refractivity contribution < 1.29 is 9.21 Å². The number of para-hydroxylation sites is 1.